The summed E-state index contributed by atoms with van der Waals surface area (Å²) in [4.78, 5) is 31.9. The topological polar surface area (TPSA) is 110 Å². The minimum Gasteiger partial charge on any atom is -0.497 e. The number of nitrogens with one attached hydrogen (secondary N) is 1. The number of benzene rings is 3. The molecule has 1 spiro atoms. The highest BCUT2D eigenvalue weighted by atomic mass is 35.5. The molecule has 5 rings (SSSR count). The second kappa shape index (κ2) is 12.9. The van der Waals surface area contributed by atoms with Crippen LogP contribution < -0.4 is 19.7 Å². The monoisotopic (exact) mass is 645 g/mol. The number of hydrogen-bond donors (Lipinski definition) is 2. The maximum atomic E-state index is 14.4. The highest BCUT2D eigenvalue weighted by molar-refractivity contribution is 6.30. The smallest absolute Gasteiger partial charge is 0.497 e. The largest absolute Gasteiger partial charge is 0.573 e. The lowest BCUT2D eigenvalue weighted by molar-refractivity contribution is -0.274. The number of amides is 1. The van der Waals surface area contributed by atoms with E-state index in [2.05, 4.69) is 15.2 Å². The van der Waals surface area contributed by atoms with Crippen LogP contribution in [0.25, 0.3) is 0 Å². The average Bonchev–Trinajstić information content (AvgIpc) is 3.70. The number of carbonyl (C=O) groups is 2. The Morgan fingerprint density at radius 2 is 1.82 bits per heavy atom. The van der Waals surface area contributed by atoms with E-state index in [1.54, 1.807) is 55.5 Å². The zero-order valence-corrected chi connectivity index (χ0v) is 25.2. The zero-order valence-electron chi connectivity index (χ0n) is 24.5. The number of carbonyl (C=O) groups excluding carboxylic acids is 1. The van der Waals surface area contributed by atoms with E-state index in [1.165, 1.54) is 24.1 Å². The van der Waals surface area contributed by atoms with Crippen LogP contribution >= 0.6 is 11.6 Å². The van der Waals surface area contributed by atoms with Crippen LogP contribution in [-0.4, -0.2) is 49.3 Å². The van der Waals surface area contributed by atoms with Gasteiger partial charge >= 0.3 is 12.3 Å². The molecule has 0 bridgehead atoms. The van der Waals surface area contributed by atoms with Crippen molar-refractivity contribution in [1.82, 2.24) is 0 Å². The first-order valence-electron chi connectivity index (χ1n) is 14.2. The molecule has 1 atom stereocenters. The van der Waals surface area contributed by atoms with Gasteiger partial charge in [0.25, 0.3) is 5.91 Å². The van der Waals surface area contributed by atoms with Crippen molar-refractivity contribution in [2.75, 3.05) is 30.5 Å². The van der Waals surface area contributed by atoms with Gasteiger partial charge < -0.3 is 29.6 Å². The number of methoxy groups -OCH3 is 1. The molecule has 13 heteroatoms. The third-order valence-electron chi connectivity index (χ3n) is 7.79. The molecule has 1 saturated carbocycles. The van der Waals surface area contributed by atoms with E-state index < -0.39 is 24.1 Å². The van der Waals surface area contributed by atoms with Crippen LogP contribution in [0.4, 0.5) is 24.5 Å². The zero-order chi connectivity index (χ0) is 32.4. The predicted octanol–water partition coefficient (Wildman–Crippen LogP) is 7.08. The van der Waals surface area contributed by atoms with Crippen molar-refractivity contribution >= 4 is 40.6 Å². The summed E-state index contributed by atoms with van der Waals surface area (Å²) in [7, 11) is 1.50. The molecule has 3 aromatic rings. The Morgan fingerprint density at radius 1 is 1.09 bits per heavy atom. The van der Waals surface area contributed by atoms with E-state index in [0.29, 0.717) is 52.0 Å². The molecule has 0 aromatic heterocycles. The molecule has 9 nitrogen and oxygen atoms in total. The molecule has 2 aliphatic rings. The maximum absolute atomic E-state index is 14.4. The Labute approximate surface area is 262 Å². The van der Waals surface area contributed by atoms with Crippen LogP contribution in [0.3, 0.4) is 0 Å². The molecular formula is C32H31ClF3N3O6. The standard InChI is InChI=1S/C32H31ClF3N3O6/c1-19(38-44-13-3-4-28(40)41)21-14-23(16-25(15-21)43-2)37-29(20-5-7-22(33)8-6-20)30(42)39-18-31(11-12-31)26-10-9-24(17-27(26)39)45-32(34,35)36/h5-10,14-17,29,37H,3-4,11-13,18H2,1-2H3,(H,40,41). The van der Waals surface area contributed by atoms with Crippen LogP contribution in [0.2, 0.25) is 5.02 Å². The van der Waals surface area contributed by atoms with Gasteiger partial charge in [0.2, 0.25) is 0 Å². The highest BCUT2D eigenvalue weighted by Gasteiger charge is 2.54. The lowest BCUT2D eigenvalue weighted by atomic mass is 9.99. The van der Waals surface area contributed by atoms with E-state index in [0.717, 1.165) is 18.4 Å². The van der Waals surface area contributed by atoms with E-state index in [-0.39, 0.29) is 24.3 Å². The summed E-state index contributed by atoms with van der Waals surface area (Å²) in [5, 5.41) is 16.7. The number of nitrogens with zero attached hydrogens (tertiary/aromatic N) is 2. The first kappa shape index (κ1) is 32.0. The number of oxime groups is 1. The Bertz CT molecular complexity index is 1610. The fourth-order valence-corrected chi connectivity index (χ4v) is 5.51. The maximum Gasteiger partial charge on any atom is 0.573 e. The van der Waals surface area contributed by atoms with Gasteiger partial charge in [0.15, 0.2) is 0 Å². The van der Waals surface area contributed by atoms with Crippen molar-refractivity contribution in [1.29, 1.82) is 0 Å². The molecule has 1 heterocycles. The summed E-state index contributed by atoms with van der Waals surface area (Å²) >= 11 is 6.15. The van der Waals surface area contributed by atoms with Crippen LogP contribution in [0.5, 0.6) is 11.5 Å². The van der Waals surface area contributed by atoms with Gasteiger partial charge in [-0.25, -0.2) is 0 Å². The van der Waals surface area contributed by atoms with Gasteiger partial charge in [-0.3, -0.25) is 9.59 Å². The average molecular weight is 646 g/mol. The lowest BCUT2D eigenvalue weighted by Crippen LogP contribution is -2.38. The van der Waals surface area contributed by atoms with Gasteiger partial charge in [0.1, 0.15) is 24.1 Å². The van der Waals surface area contributed by atoms with E-state index in [4.69, 9.17) is 26.3 Å². The summed E-state index contributed by atoms with van der Waals surface area (Å²) < 4.78 is 48.8. The van der Waals surface area contributed by atoms with Crippen molar-refractivity contribution < 1.29 is 42.2 Å². The number of aliphatic carboxylic acids is 1. The fourth-order valence-electron chi connectivity index (χ4n) is 5.39. The molecule has 0 radical (unpaired) electrons. The molecule has 45 heavy (non-hydrogen) atoms. The second-order valence-corrected chi connectivity index (χ2v) is 11.5. The molecule has 3 aromatic carbocycles. The SMILES string of the molecule is COc1cc(NC(C(=O)N2CC3(CC3)c3ccc(OC(F)(F)F)cc32)c2ccc(Cl)cc2)cc(C(C)=NOCCCC(=O)O)c1. The molecule has 1 aliphatic carbocycles. The van der Waals surface area contributed by atoms with Gasteiger partial charge in [0.05, 0.1) is 18.5 Å². The molecular weight excluding hydrogens is 615 g/mol. The number of hydrogen-bond acceptors (Lipinski definition) is 7. The van der Waals surface area contributed by atoms with Crippen LogP contribution in [0, 0.1) is 0 Å². The molecule has 1 aliphatic heterocycles. The summed E-state index contributed by atoms with van der Waals surface area (Å²) in [6.45, 7) is 2.17. The number of rotatable bonds is 12. The van der Waals surface area contributed by atoms with Gasteiger partial charge in [-0.1, -0.05) is 35.0 Å². The molecule has 238 valence electrons. The Hall–Kier alpha value is -4.45. The van der Waals surface area contributed by atoms with Gasteiger partial charge in [0, 0.05) is 46.8 Å². The Morgan fingerprint density at radius 3 is 2.47 bits per heavy atom. The molecule has 1 fully saturated rings. The van der Waals surface area contributed by atoms with Gasteiger partial charge in [-0.05, 0) is 67.6 Å². The molecule has 2 N–H and O–H groups in total. The van der Waals surface area contributed by atoms with E-state index in [9.17, 15) is 22.8 Å². The van der Waals surface area contributed by atoms with Crippen molar-refractivity contribution in [3.63, 3.8) is 0 Å². The predicted molar refractivity (Wildman–Crippen MR) is 162 cm³/mol. The summed E-state index contributed by atoms with van der Waals surface area (Å²) in [5.74, 6) is -1.23. The van der Waals surface area contributed by atoms with Crippen LogP contribution in [-0.2, 0) is 19.8 Å². The third-order valence-corrected chi connectivity index (χ3v) is 8.05. The van der Waals surface area contributed by atoms with Crippen molar-refractivity contribution in [2.45, 2.75) is 50.4 Å². The van der Waals surface area contributed by atoms with Crippen LogP contribution in [0.1, 0.15) is 55.3 Å². The van der Waals surface area contributed by atoms with E-state index in [1.807, 2.05) is 0 Å². The number of ether oxygens (including phenoxy) is 2. The molecule has 0 saturated heterocycles. The normalized spacial score (nSPS) is 15.8. The van der Waals surface area contributed by atoms with Crippen molar-refractivity contribution in [3.8, 4) is 11.5 Å². The number of fused-ring (bicyclic) bond motifs is 2. The summed E-state index contributed by atoms with van der Waals surface area (Å²) in [6.07, 6.45) is -2.98. The Balaban J connectivity index is 1.46. The van der Waals surface area contributed by atoms with Crippen molar-refractivity contribution in [2.24, 2.45) is 5.16 Å². The number of anilines is 2. The summed E-state index contributed by atoms with van der Waals surface area (Å²) in [5.41, 5.74) is 3.11. The summed E-state index contributed by atoms with van der Waals surface area (Å²) in [6, 6.07) is 15.1. The molecule has 1 unspecified atom stereocenters. The third kappa shape index (κ3) is 7.62. The van der Waals surface area contributed by atoms with Crippen LogP contribution in [0.15, 0.2) is 65.8 Å². The number of alkyl halides is 3. The Kier molecular flexibility index (Phi) is 9.15. The van der Waals surface area contributed by atoms with Gasteiger partial charge in [-0.15, -0.1) is 13.2 Å². The minimum absolute atomic E-state index is 0.0405. The minimum atomic E-state index is -4.87. The first-order valence-corrected chi connectivity index (χ1v) is 14.6. The molecule has 1 amide bonds. The quantitative estimate of drug-likeness (QED) is 0.123. The first-order chi connectivity index (χ1) is 21.4. The van der Waals surface area contributed by atoms with E-state index >= 15 is 0 Å². The highest BCUT2D eigenvalue weighted by Crippen LogP contribution is 2.57. The number of halogens is 4. The fraction of sp³-hybridized carbons (Fsp3) is 0.344. The second-order valence-electron chi connectivity index (χ2n) is 11.0. The lowest BCUT2D eigenvalue weighted by Gasteiger charge is -2.27. The van der Waals surface area contributed by atoms with Crippen molar-refractivity contribution in [3.05, 3.63) is 82.4 Å². The van der Waals surface area contributed by atoms with Gasteiger partial charge in [-0.2, -0.15) is 0 Å². The number of carboxylic acid groups (broad SMARTS) is 1. The number of carboxylic acids is 1.